The number of aromatic nitrogens is 2. The quantitative estimate of drug-likeness (QED) is 0.448. The van der Waals surface area contributed by atoms with Crippen LogP contribution in [0.2, 0.25) is 5.02 Å². The topological polar surface area (TPSA) is 134 Å². The SMILES string of the molecule is CC(C)(C)OC(=O)N1CCC(n2nc(-c3cc(Cl)c(OC(=O)NCc4ccccc4)c4c3OCCO4)oc2=O)CC1. The van der Waals surface area contributed by atoms with Crippen LogP contribution in [0.1, 0.15) is 45.2 Å². The molecule has 0 aliphatic carbocycles. The van der Waals surface area contributed by atoms with Crippen molar-refractivity contribution in [3.8, 4) is 28.7 Å². The van der Waals surface area contributed by atoms with Crippen LogP contribution in [-0.4, -0.2) is 58.8 Å². The van der Waals surface area contributed by atoms with Crippen molar-refractivity contribution < 1.29 is 33.0 Å². The second kappa shape index (κ2) is 11.7. The summed E-state index contributed by atoms with van der Waals surface area (Å²) < 4.78 is 29.3. The van der Waals surface area contributed by atoms with Crippen LogP contribution in [0.4, 0.5) is 9.59 Å². The Morgan fingerprint density at radius 3 is 2.46 bits per heavy atom. The number of likely N-dealkylation sites (tertiary alicyclic amines) is 1. The Labute approximate surface area is 241 Å². The lowest BCUT2D eigenvalue weighted by atomic mass is 10.1. The molecule has 0 saturated carbocycles. The van der Waals surface area contributed by atoms with Gasteiger partial charge in [-0.15, -0.1) is 5.10 Å². The first-order chi connectivity index (χ1) is 19.6. The lowest BCUT2D eigenvalue weighted by Crippen LogP contribution is -2.43. The molecule has 3 aromatic rings. The average Bonchev–Trinajstić information content (AvgIpc) is 3.34. The molecule has 2 aromatic carbocycles. The van der Waals surface area contributed by atoms with Crippen LogP contribution >= 0.6 is 11.6 Å². The van der Waals surface area contributed by atoms with Crippen LogP contribution in [0, 0.1) is 0 Å². The monoisotopic (exact) mass is 586 g/mol. The molecule has 0 bridgehead atoms. The Morgan fingerprint density at radius 2 is 1.78 bits per heavy atom. The fraction of sp³-hybridized carbons (Fsp3) is 0.429. The normalized spacial score (nSPS) is 15.4. The number of carbonyl (C=O) groups is 2. The maximum Gasteiger partial charge on any atom is 0.437 e. The number of hydrogen-bond donors (Lipinski definition) is 1. The van der Waals surface area contributed by atoms with Crippen molar-refractivity contribution in [3.05, 3.63) is 57.5 Å². The Hall–Kier alpha value is -4.19. The van der Waals surface area contributed by atoms with E-state index in [1.54, 1.807) is 4.90 Å². The van der Waals surface area contributed by atoms with Gasteiger partial charge in [0, 0.05) is 19.6 Å². The summed E-state index contributed by atoms with van der Waals surface area (Å²) in [5, 5.41) is 7.14. The number of hydrogen-bond acceptors (Lipinski definition) is 9. The Bertz CT molecular complexity index is 1470. The molecule has 5 rings (SSSR count). The van der Waals surface area contributed by atoms with Gasteiger partial charge in [-0.25, -0.2) is 14.4 Å². The zero-order chi connectivity index (χ0) is 29.1. The first-order valence-electron chi connectivity index (χ1n) is 13.3. The summed E-state index contributed by atoms with van der Waals surface area (Å²) in [6.07, 6.45) is -0.129. The lowest BCUT2D eigenvalue weighted by Gasteiger charge is -2.32. The summed E-state index contributed by atoms with van der Waals surface area (Å²) in [4.78, 5) is 39.4. The van der Waals surface area contributed by atoms with Crippen LogP contribution in [0.15, 0.2) is 45.6 Å². The molecule has 1 saturated heterocycles. The zero-order valence-electron chi connectivity index (χ0n) is 23.0. The molecule has 0 spiro atoms. The van der Waals surface area contributed by atoms with E-state index in [2.05, 4.69) is 10.4 Å². The van der Waals surface area contributed by atoms with E-state index in [0.717, 1.165) is 5.56 Å². The molecule has 1 N–H and O–H groups in total. The maximum atomic E-state index is 12.8. The van der Waals surface area contributed by atoms with Gasteiger partial charge in [0.2, 0.25) is 5.75 Å². The number of piperidine rings is 1. The summed E-state index contributed by atoms with van der Waals surface area (Å²) in [6.45, 7) is 6.93. The van der Waals surface area contributed by atoms with Gasteiger partial charge in [-0.2, -0.15) is 4.68 Å². The molecule has 0 atom stereocenters. The number of rotatable bonds is 5. The van der Waals surface area contributed by atoms with Crippen LogP contribution in [-0.2, 0) is 11.3 Å². The van der Waals surface area contributed by atoms with E-state index in [9.17, 15) is 14.4 Å². The number of fused-ring (bicyclic) bond motifs is 1. The van der Waals surface area contributed by atoms with Gasteiger partial charge in [0.25, 0.3) is 5.89 Å². The van der Waals surface area contributed by atoms with Crippen LogP contribution in [0.5, 0.6) is 17.2 Å². The predicted octanol–water partition coefficient (Wildman–Crippen LogP) is 4.79. The number of amides is 2. The number of carbonyl (C=O) groups excluding carboxylic acids is 2. The zero-order valence-corrected chi connectivity index (χ0v) is 23.7. The van der Waals surface area contributed by atoms with Gasteiger partial charge in [-0.3, -0.25) is 0 Å². The summed E-state index contributed by atoms with van der Waals surface area (Å²) in [7, 11) is 0. The molecule has 2 aliphatic heterocycles. The summed E-state index contributed by atoms with van der Waals surface area (Å²) in [5.74, 6) is -0.394. The minimum absolute atomic E-state index is 0.0201. The maximum absolute atomic E-state index is 12.8. The van der Waals surface area contributed by atoms with Gasteiger partial charge in [0.1, 0.15) is 18.8 Å². The van der Waals surface area contributed by atoms with E-state index in [1.165, 1.54) is 10.7 Å². The summed E-state index contributed by atoms with van der Waals surface area (Å²) in [6, 6.07) is 10.5. The third-order valence-corrected chi connectivity index (χ3v) is 6.74. The van der Waals surface area contributed by atoms with Crippen LogP contribution in [0.25, 0.3) is 11.5 Å². The van der Waals surface area contributed by atoms with E-state index in [0.29, 0.717) is 25.9 Å². The van der Waals surface area contributed by atoms with Gasteiger partial charge >= 0.3 is 17.9 Å². The van der Waals surface area contributed by atoms with Gasteiger partial charge < -0.3 is 33.6 Å². The van der Waals surface area contributed by atoms with Crippen molar-refractivity contribution in [2.75, 3.05) is 26.3 Å². The molecule has 2 aliphatic rings. The van der Waals surface area contributed by atoms with E-state index >= 15 is 0 Å². The van der Waals surface area contributed by atoms with Crippen molar-refractivity contribution in [1.29, 1.82) is 0 Å². The molecule has 3 heterocycles. The standard InChI is InChI=1S/C28H31ClN4O8/c1-28(2,3)41-26(35)32-11-9-18(10-12-32)33-27(36)40-24(31-33)19-15-20(29)22(23-21(19)37-13-14-38-23)39-25(34)30-16-17-7-5-4-6-8-17/h4-8,15,18H,9-14,16H2,1-3H3,(H,30,34). The second-order valence-electron chi connectivity index (χ2n) is 10.6. The number of ether oxygens (including phenoxy) is 4. The highest BCUT2D eigenvalue weighted by atomic mass is 35.5. The van der Waals surface area contributed by atoms with Gasteiger partial charge in [0.15, 0.2) is 11.5 Å². The molecule has 2 amide bonds. The van der Waals surface area contributed by atoms with E-state index < -0.39 is 23.5 Å². The second-order valence-corrected chi connectivity index (χ2v) is 11.0. The molecule has 13 heteroatoms. The number of benzene rings is 2. The lowest BCUT2D eigenvalue weighted by molar-refractivity contribution is 0.0183. The largest absolute Gasteiger partial charge is 0.485 e. The first-order valence-corrected chi connectivity index (χ1v) is 13.7. The highest BCUT2D eigenvalue weighted by molar-refractivity contribution is 6.33. The number of halogens is 1. The van der Waals surface area contributed by atoms with Gasteiger partial charge in [-0.1, -0.05) is 41.9 Å². The van der Waals surface area contributed by atoms with Crippen LogP contribution < -0.4 is 25.3 Å². The fourth-order valence-electron chi connectivity index (χ4n) is 4.55. The Balaban J connectivity index is 1.33. The van der Waals surface area contributed by atoms with Crippen molar-refractivity contribution in [1.82, 2.24) is 20.0 Å². The number of nitrogens with zero attached hydrogens (tertiary/aromatic N) is 3. The average molecular weight is 587 g/mol. The van der Waals surface area contributed by atoms with Crippen molar-refractivity contribution in [2.24, 2.45) is 0 Å². The molecular formula is C28H31ClN4O8. The first kappa shape index (κ1) is 28.3. The third-order valence-electron chi connectivity index (χ3n) is 6.46. The van der Waals surface area contributed by atoms with E-state index in [1.807, 2.05) is 51.1 Å². The minimum atomic E-state index is -0.728. The van der Waals surface area contributed by atoms with Gasteiger partial charge in [-0.05, 0) is 45.2 Å². The summed E-state index contributed by atoms with van der Waals surface area (Å²) >= 11 is 6.52. The molecule has 12 nitrogen and oxygen atoms in total. The Kier molecular flexibility index (Phi) is 8.11. The smallest absolute Gasteiger partial charge is 0.437 e. The molecule has 41 heavy (non-hydrogen) atoms. The van der Waals surface area contributed by atoms with Crippen molar-refractivity contribution in [3.63, 3.8) is 0 Å². The minimum Gasteiger partial charge on any atom is -0.485 e. The molecular weight excluding hydrogens is 556 g/mol. The molecule has 1 aromatic heterocycles. The third kappa shape index (κ3) is 6.59. The van der Waals surface area contributed by atoms with Crippen molar-refractivity contribution >= 4 is 23.8 Å². The highest BCUT2D eigenvalue weighted by Crippen LogP contribution is 2.49. The molecule has 218 valence electrons. The van der Waals surface area contributed by atoms with E-state index in [4.69, 9.17) is 35.0 Å². The molecule has 0 radical (unpaired) electrons. The van der Waals surface area contributed by atoms with E-state index in [-0.39, 0.29) is 59.5 Å². The predicted molar refractivity (Wildman–Crippen MR) is 148 cm³/mol. The molecule has 0 unspecified atom stereocenters. The van der Waals surface area contributed by atoms with Crippen LogP contribution in [0.3, 0.4) is 0 Å². The van der Waals surface area contributed by atoms with Gasteiger partial charge in [0.05, 0.1) is 16.6 Å². The highest BCUT2D eigenvalue weighted by Gasteiger charge is 2.32. The Morgan fingerprint density at radius 1 is 1.10 bits per heavy atom. The van der Waals surface area contributed by atoms with Crippen molar-refractivity contribution in [2.45, 2.75) is 51.8 Å². The fourth-order valence-corrected chi connectivity index (χ4v) is 4.79. The molecule has 1 fully saturated rings. The summed E-state index contributed by atoms with van der Waals surface area (Å²) in [5.41, 5.74) is 0.586. The number of nitrogens with one attached hydrogen (secondary N) is 1.